The highest BCUT2D eigenvalue weighted by Gasteiger charge is 2.24. The van der Waals surface area contributed by atoms with Gasteiger partial charge in [-0.3, -0.25) is 4.79 Å². The van der Waals surface area contributed by atoms with Crippen LogP contribution < -0.4 is 5.32 Å². The zero-order valence-corrected chi connectivity index (χ0v) is 17.4. The van der Waals surface area contributed by atoms with Crippen LogP contribution in [0.1, 0.15) is 42.6 Å². The Hall–Kier alpha value is -1.97. The third-order valence-corrected chi connectivity index (χ3v) is 6.70. The molecular formula is C19H28N2O6S. The summed E-state index contributed by atoms with van der Waals surface area (Å²) in [6.45, 7) is 6.49. The van der Waals surface area contributed by atoms with E-state index in [9.17, 15) is 18.0 Å². The number of carbonyl (C=O) groups is 2. The maximum atomic E-state index is 12.7. The molecule has 1 N–H and O–H groups in total. The molecule has 0 aromatic heterocycles. The number of sulfonamides is 1. The third kappa shape index (κ3) is 5.52. The number of hydrogen-bond acceptors (Lipinski definition) is 6. The van der Waals surface area contributed by atoms with Gasteiger partial charge in [-0.25, -0.2) is 13.2 Å². The highest BCUT2D eigenvalue weighted by atomic mass is 32.2. The smallest absolute Gasteiger partial charge is 0.338 e. The molecule has 1 aliphatic rings. The van der Waals surface area contributed by atoms with Gasteiger partial charge in [-0.15, -0.1) is 0 Å². The molecule has 9 heteroatoms. The summed E-state index contributed by atoms with van der Waals surface area (Å²) in [6.07, 6.45) is 1.87. The summed E-state index contributed by atoms with van der Waals surface area (Å²) in [5.41, 5.74) is 0.698. The van der Waals surface area contributed by atoms with Crippen molar-refractivity contribution in [3.8, 4) is 0 Å². The molecule has 8 nitrogen and oxygen atoms in total. The summed E-state index contributed by atoms with van der Waals surface area (Å²) in [5, 5.41) is 2.67. The SMILES string of the molecule is CCN(CC)S(=O)(=O)c1ccc(C)c(C(=O)OCC(=O)NC[C@H]2CCCO2)c1. The van der Waals surface area contributed by atoms with E-state index in [-0.39, 0.29) is 16.6 Å². The quantitative estimate of drug-likeness (QED) is 0.617. The average molecular weight is 413 g/mol. The van der Waals surface area contributed by atoms with Crippen molar-refractivity contribution in [1.29, 1.82) is 0 Å². The molecule has 1 atom stereocenters. The summed E-state index contributed by atoms with van der Waals surface area (Å²) in [7, 11) is -3.69. The van der Waals surface area contributed by atoms with E-state index in [0.717, 1.165) is 12.8 Å². The number of benzene rings is 1. The Kier molecular flexibility index (Phi) is 7.97. The van der Waals surface area contributed by atoms with E-state index >= 15 is 0 Å². The topological polar surface area (TPSA) is 102 Å². The number of rotatable bonds is 9. The van der Waals surface area contributed by atoms with Gasteiger partial charge in [-0.2, -0.15) is 4.31 Å². The molecule has 0 saturated carbocycles. The molecule has 1 aromatic carbocycles. The second kappa shape index (κ2) is 9.99. The predicted octanol–water partition coefficient (Wildman–Crippen LogP) is 1.48. The number of amides is 1. The van der Waals surface area contributed by atoms with Crippen molar-refractivity contribution < 1.29 is 27.5 Å². The lowest BCUT2D eigenvalue weighted by atomic mass is 10.1. The van der Waals surface area contributed by atoms with Crippen molar-refractivity contribution in [3.63, 3.8) is 0 Å². The molecule has 1 amide bonds. The summed E-state index contributed by atoms with van der Waals surface area (Å²) >= 11 is 0. The third-order valence-electron chi connectivity index (χ3n) is 4.66. The van der Waals surface area contributed by atoms with Crippen LogP contribution in [0.4, 0.5) is 0 Å². The molecule has 0 spiro atoms. The number of aryl methyl sites for hydroxylation is 1. The van der Waals surface area contributed by atoms with Crippen molar-refractivity contribution in [3.05, 3.63) is 29.3 Å². The minimum atomic E-state index is -3.69. The second-order valence-corrected chi connectivity index (χ2v) is 8.52. The van der Waals surface area contributed by atoms with Gasteiger partial charge in [0.25, 0.3) is 5.91 Å². The molecule has 1 aromatic rings. The van der Waals surface area contributed by atoms with Crippen LogP contribution in [0.5, 0.6) is 0 Å². The zero-order valence-electron chi connectivity index (χ0n) is 16.6. The largest absolute Gasteiger partial charge is 0.452 e. The lowest BCUT2D eigenvalue weighted by Gasteiger charge is -2.19. The van der Waals surface area contributed by atoms with Gasteiger partial charge < -0.3 is 14.8 Å². The van der Waals surface area contributed by atoms with Crippen LogP contribution in [0.15, 0.2) is 23.1 Å². The zero-order chi connectivity index (χ0) is 20.7. The molecule has 0 unspecified atom stereocenters. The molecule has 1 aliphatic heterocycles. The first-order chi connectivity index (χ1) is 13.3. The van der Waals surface area contributed by atoms with E-state index < -0.39 is 28.5 Å². The van der Waals surface area contributed by atoms with Crippen LogP contribution in [0, 0.1) is 6.92 Å². The predicted molar refractivity (Wildman–Crippen MR) is 104 cm³/mol. The number of nitrogens with one attached hydrogen (secondary N) is 1. The minimum Gasteiger partial charge on any atom is -0.452 e. The fourth-order valence-electron chi connectivity index (χ4n) is 2.99. The van der Waals surface area contributed by atoms with Crippen LogP contribution in [-0.2, 0) is 24.3 Å². The van der Waals surface area contributed by atoms with Crippen molar-refractivity contribution in [2.45, 2.75) is 44.6 Å². The minimum absolute atomic E-state index is 0.00358. The van der Waals surface area contributed by atoms with Crippen molar-refractivity contribution >= 4 is 21.9 Å². The van der Waals surface area contributed by atoms with Crippen molar-refractivity contribution in [2.75, 3.05) is 32.8 Å². The molecule has 1 saturated heterocycles. The van der Waals surface area contributed by atoms with Crippen LogP contribution in [0.3, 0.4) is 0 Å². The fraction of sp³-hybridized carbons (Fsp3) is 0.579. The fourth-order valence-corrected chi connectivity index (χ4v) is 4.47. The summed E-state index contributed by atoms with van der Waals surface area (Å²) in [6, 6.07) is 4.33. The van der Waals surface area contributed by atoms with E-state index in [4.69, 9.17) is 9.47 Å². The summed E-state index contributed by atoms with van der Waals surface area (Å²) < 4.78 is 37.1. The number of hydrogen-bond donors (Lipinski definition) is 1. The van der Waals surface area contributed by atoms with Gasteiger partial charge in [0.1, 0.15) is 0 Å². The van der Waals surface area contributed by atoms with Gasteiger partial charge in [0, 0.05) is 26.2 Å². The number of carbonyl (C=O) groups excluding carboxylic acids is 2. The Morgan fingerprint density at radius 2 is 2.00 bits per heavy atom. The molecule has 0 bridgehead atoms. The molecule has 0 radical (unpaired) electrons. The van der Waals surface area contributed by atoms with Gasteiger partial charge >= 0.3 is 5.97 Å². The van der Waals surface area contributed by atoms with E-state index in [2.05, 4.69) is 5.32 Å². The molecule has 1 heterocycles. The molecule has 2 rings (SSSR count). The van der Waals surface area contributed by atoms with E-state index in [1.165, 1.54) is 16.4 Å². The van der Waals surface area contributed by atoms with Crippen LogP contribution in [-0.4, -0.2) is 63.6 Å². The molecule has 0 aliphatic carbocycles. The normalized spacial score (nSPS) is 16.9. The van der Waals surface area contributed by atoms with Gasteiger partial charge in [0.15, 0.2) is 6.61 Å². The Morgan fingerprint density at radius 3 is 2.61 bits per heavy atom. The molecule has 1 fully saturated rings. The summed E-state index contributed by atoms with van der Waals surface area (Å²) in [4.78, 5) is 24.3. The first-order valence-corrected chi connectivity index (χ1v) is 10.9. The second-order valence-electron chi connectivity index (χ2n) is 6.58. The average Bonchev–Trinajstić information content (AvgIpc) is 3.19. The van der Waals surface area contributed by atoms with Crippen LogP contribution in [0.25, 0.3) is 0 Å². The van der Waals surface area contributed by atoms with Gasteiger partial charge in [0.2, 0.25) is 10.0 Å². The maximum absolute atomic E-state index is 12.7. The lowest BCUT2D eigenvalue weighted by molar-refractivity contribution is -0.124. The standard InChI is InChI=1S/C19H28N2O6S/c1-4-21(5-2)28(24,25)16-9-8-14(3)17(11-16)19(23)27-13-18(22)20-12-15-7-6-10-26-15/h8-9,11,15H,4-7,10,12-13H2,1-3H3,(H,20,22)/t15-/m1/s1. The first kappa shape index (κ1) is 22.3. The molecular weight excluding hydrogens is 384 g/mol. The Morgan fingerprint density at radius 1 is 1.29 bits per heavy atom. The number of nitrogens with zero attached hydrogens (tertiary/aromatic N) is 1. The highest BCUT2D eigenvalue weighted by Crippen LogP contribution is 2.20. The van der Waals surface area contributed by atoms with Gasteiger partial charge in [0.05, 0.1) is 16.6 Å². The van der Waals surface area contributed by atoms with Gasteiger partial charge in [-0.1, -0.05) is 19.9 Å². The van der Waals surface area contributed by atoms with Crippen LogP contribution in [0.2, 0.25) is 0 Å². The Labute approximate surface area is 166 Å². The van der Waals surface area contributed by atoms with Crippen LogP contribution >= 0.6 is 0 Å². The van der Waals surface area contributed by atoms with E-state index in [1.807, 2.05) is 0 Å². The monoisotopic (exact) mass is 412 g/mol. The van der Waals surface area contributed by atoms with E-state index in [0.29, 0.717) is 31.8 Å². The van der Waals surface area contributed by atoms with E-state index in [1.54, 1.807) is 26.8 Å². The first-order valence-electron chi connectivity index (χ1n) is 9.45. The Balaban J connectivity index is 2.01. The van der Waals surface area contributed by atoms with Gasteiger partial charge in [-0.05, 0) is 37.5 Å². The van der Waals surface area contributed by atoms with Crippen molar-refractivity contribution in [2.24, 2.45) is 0 Å². The summed E-state index contributed by atoms with van der Waals surface area (Å²) in [5.74, 6) is -1.16. The molecule has 28 heavy (non-hydrogen) atoms. The number of ether oxygens (including phenoxy) is 2. The maximum Gasteiger partial charge on any atom is 0.338 e. The lowest BCUT2D eigenvalue weighted by Crippen LogP contribution is -2.35. The number of esters is 1. The van der Waals surface area contributed by atoms with Crippen molar-refractivity contribution in [1.82, 2.24) is 9.62 Å². The Bertz CT molecular complexity index is 799. The highest BCUT2D eigenvalue weighted by molar-refractivity contribution is 7.89. The molecule has 156 valence electrons.